The predicted octanol–water partition coefficient (Wildman–Crippen LogP) is 3.72. The maximum absolute atomic E-state index is 10.7. The van der Waals surface area contributed by atoms with Crippen LogP contribution >= 0.6 is 0 Å². The van der Waals surface area contributed by atoms with Crippen LogP contribution in [0.5, 0.6) is 0 Å². The molecule has 0 radical (unpaired) electrons. The van der Waals surface area contributed by atoms with Gasteiger partial charge >= 0.3 is 0 Å². The fourth-order valence-corrected chi connectivity index (χ4v) is 3.59. The van der Waals surface area contributed by atoms with E-state index in [-0.39, 0.29) is 12.0 Å². The fourth-order valence-electron chi connectivity index (χ4n) is 3.59. The molecule has 3 rings (SSSR count). The van der Waals surface area contributed by atoms with E-state index in [2.05, 4.69) is 43.1 Å². The first-order valence-electron chi connectivity index (χ1n) is 7.82. The Bertz CT molecular complexity index is 615. The van der Waals surface area contributed by atoms with Gasteiger partial charge in [-0.05, 0) is 56.7 Å². The predicted molar refractivity (Wildman–Crippen MR) is 85.5 cm³/mol. The number of hydrogen-bond acceptors (Lipinski definition) is 2. The van der Waals surface area contributed by atoms with Gasteiger partial charge in [-0.25, -0.2) is 0 Å². The van der Waals surface area contributed by atoms with Crippen LogP contribution in [0.1, 0.15) is 46.7 Å². The number of benzene rings is 1. The second kappa shape index (κ2) is 5.98. The summed E-state index contributed by atoms with van der Waals surface area (Å²) in [5.41, 5.74) is 6.18. The molecule has 0 saturated carbocycles. The van der Waals surface area contributed by atoms with Gasteiger partial charge in [-0.1, -0.05) is 35.4 Å². The van der Waals surface area contributed by atoms with Crippen LogP contribution in [0.3, 0.4) is 0 Å². The molecule has 21 heavy (non-hydrogen) atoms. The summed E-state index contributed by atoms with van der Waals surface area (Å²) >= 11 is 0. The van der Waals surface area contributed by atoms with Gasteiger partial charge in [0.25, 0.3) is 0 Å². The van der Waals surface area contributed by atoms with E-state index in [1.807, 2.05) is 12.3 Å². The molecule has 0 saturated heterocycles. The first-order chi connectivity index (χ1) is 10.1. The topological polar surface area (TPSA) is 33.1 Å². The minimum Gasteiger partial charge on any atom is -0.392 e. The average Bonchev–Trinajstić information content (AvgIpc) is 2.45. The summed E-state index contributed by atoms with van der Waals surface area (Å²) in [6.45, 7) is 4.22. The molecule has 2 nitrogen and oxygen atoms in total. The molecule has 0 fully saturated rings. The van der Waals surface area contributed by atoms with Gasteiger partial charge in [-0.15, -0.1) is 0 Å². The van der Waals surface area contributed by atoms with E-state index in [0.29, 0.717) is 6.42 Å². The van der Waals surface area contributed by atoms with Crippen molar-refractivity contribution in [1.82, 2.24) is 4.98 Å². The van der Waals surface area contributed by atoms with Gasteiger partial charge in [0, 0.05) is 17.8 Å². The van der Waals surface area contributed by atoms with Gasteiger partial charge in [0.15, 0.2) is 0 Å². The molecule has 2 heteroatoms. The Morgan fingerprint density at radius 2 is 2.00 bits per heavy atom. The number of pyridine rings is 1. The van der Waals surface area contributed by atoms with Crippen molar-refractivity contribution < 1.29 is 5.11 Å². The van der Waals surface area contributed by atoms with Gasteiger partial charge in [0.05, 0.1) is 6.10 Å². The summed E-state index contributed by atoms with van der Waals surface area (Å²) in [4.78, 5) is 4.54. The zero-order valence-corrected chi connectivity index (χ0v) is 12.8. The molecule has 2 unspecified atom stereocenters. The van der Waals surface area contributed by atoms with E-state index in [9.17, 15) is 5.11 Å². The Labute approximate surface area is 126 Å². The Kier molecular flexibility index (Phi) is 4.07. The highest BCUT2D eigenvalue weighted by atomic mass is 16.3. The Balaban J connectivity index is 1.81. The maximum Gasteiger partial charge on any atom is 0.0664 e. The zero-order valence-electron chi connectivity index (χ0n) is 12.8. The molecule has 2 aromatic rings. The van der Waals surface area contributed by atoms with Gasteiger partial charge in [0.2, 0.25) is 0 Å². The van der Waals surface area contributed by atoms with Crippen molar-refractivity contribution in [3.63, 3.8) is 0 Å². The lowest BCUT2D eigenvalue weighted by molar-refractivity contribution is 0.132. The number of nitrogens with zero attached hydrogens (tertiary/aromatic N) is 1. The van der Waals surface area contributed by atoms with Gasteiger partial charge < -0.3 is 5.11 Å². The molecule has 1 aromatic carbocycles. The first-order valence-corrected chi connectivity index (χ1v) is 7.82. The molecule has 110 valence electrons. The number of rotatable bonds is 3. The Morgan fingerprint density at radius 1 is 1.24 bits per heavy atom. The summed E-state index contributed by atoms with van der Waals surface area (Å²) in [6.07, 6.45) is 5.49. The number of aliphatic hydroxyl groups is 1. The first kappa shape index (κ1) is 14.3. The largest absolute Gasteiger partial charge is 0.392 e. The Morgan fingerprint density at radius 3 is 2.76 bits per heavy atom. The van der Waals surface area contributed by atoms with E-state index in [1.165, 1.54) is 22.3 Å². The number of aryl methyl sites for hydroxylation is 3. The normalized spacial score (nSPS) is 19.1. The summed E-state index contributed by atoms with van der Waals surface area (Å²) in [5, 5.41) is 10.7. The minimum atomic E-state index is -0.347. The van der Waals surface area contributed by atoms with E-state index in [1.54, 1.807) is 0 Å². The van der Waals surface area contributed by atoms with Crippen molar-refractivity contribution in [1.29, 1.82) is 0 Å². The smallest absolute Gasteiger partial charge is 0.0664 e. The maximum atomic E-state index is 10.7. The molecular weight excluding hydrogens is 258 g/mol. The van der Waals surface area contributed by atoms with Crippen LogP contribution in [0.15, 0.2) is 36.5 Å². The van der Waals surface area contributed by atoms with Crippen molar-refractivity contribution in [2.45, 2.75) is 51.6 Å². The van der Waals surface area contributed by atoms with Crippen LogP contribution in [0.4, 0.5) is 0 Å². The van der Waals surface area contributed by atoms with Crippen molar-refractivity contribution in [3.05, 3.63) is 64.5 Å². The summed E-state index contributed by atoms with van der Waals surface area (Å²) in [6, 6.07) is 10.7. The van der Waals surface area contributed by atoms with Gasteiger partial charge in [0.1, 0.15) is 0 Å². The molecule has 1 aromatic heterocycles. The monoisotopic (exact) mass is 281 g/mol. The highest BCUT2D eigenvalue weighted by molar-refractivity contribution is 5.31. The third-order valence-electron chi connectivity index (χ3n) is 4.43. The van der Waals surface area contributed by atoms with Crippen LogP contribution < -0.4 is 0 Å². The van der Waals surface area contributed by atoms with Crippen LogP contribution in [0.25, 0.3) is 0 Å². The van der Waals surface area contributed by atoms with Crippen LogP contribution in [-0.4, -0.2) is 16.2 Å². The number of aromatic nitrogens is 1. The SMILES string of the molecule is Cc1cc(C)cc(CC(O)C2CCCc3cccnc32)c1. The molecule has 0 amide bonds. The summed E-state index contributed by atoms with van der Waals surface area (Å²) in [7, 11) is 0. The fraction of sp³-hybridized carbons (Fsp3) is 0.421. The molecule has 1 heterocycles. The number of fused-ring (bicyclic) bond motifs is 1. The second-order valence-corrected chi connectivity index (χ2v) is 6.31. The van der Waals surface area contributed by atoms with E-state index in [4.69, 9.17) is 0 Å². The standard InChI is InChI=1S/C19H23NO/c1-13-9-14(2)11-15(10-13)12-18(21)17-7-3-5-16-6-4-8-20-19(16)17/h4,6,8-11,17-18,21H,3,5,7,12H2,1-2H3. The highest BCUT2D eigenvalue weighted by Crippen LogP contribution is 2.33. The molecule has 1 N–H and O–H groups in total. The van der Waals surface area contributed by atoms with Gasteiger partial charge in [-0.2, -0.15) is 0 Å². The molecule has 1 aliphatic carbocycles. The molecule has 1 aliphatic rings. The van der Waals surface area contributed by atoms with Gasteiger partial charge in [-0.3, -0.25) is 4.98 Å². The minimum absolute atomic E-state index is 0.177. The summed E-state index contributed by atoms with van der Waals surface area (Å²) < 4.78 is 0. The van der Waals surface area contributed by atoms with Crippen molar-refractivity contribution >= 4 is 0 Å². The lowest BCUT2D eigenvalue weighted by Crippen LogP contribution is -2.26. The molecule has 2 atom stereocenters. The average molecular weight is 281 g/mol. The second-order valence-electron chi connectivity index (χ2n) is 6.31. The zero-order chi connectivity index (χ0) is 14.8. The number of aliphatic hydroxyl groups excluding tert-OH is 1. The quantitative estimate of drug-likeness (QED) is 0.930. The van der Waals surface area contributed by atoms with Crippen molar-refractivity contribution in [2.24, 2.45) is 0 Å². The van der Waals surface area contributed by atoms with E-state index in [0.717, 1.165) is 25.0 Å². The summed E-state index contributed by atoms with van der Waals surface area (Å²) in [5.74, 6) is 0.177. The molecule has 0 bridgehead atoms. The Hall–Kier alpha value is -1.67. The van der Waals surface area contributed by atoms with E-state index < -0.39 is 0 Å². The van der Waals surface area contributed by atoms with Crippen LogP contribution in [-0.2, 0) is 12.8 Å². The third-order valence-corrected chi connectivity index (χ3v) is 4.43. The highest BCUT2D eigenvalue weighted by Gasteiger charge is 2.27. The lowest BCUT2D eigenvalue weighted by atomic mass is 9.81. The number of hydrogen-bond donors (Lipinski definition) is 1. The molecule has 0 aliphatic heterocycles. The molecular formula is C19H23NO. The third kappa shape index (κ3) is 3.16. The van der Waals surface area contributed by atoms with Crippen molar-refractivity contribution in [2.75, 3.05) is 0 Å². The van der Waals surface area contributed by atoms with Crippen molar-refractivity contribution in [3.8, 4) is 0 Å². The lowest BCUT2D eigenvalue weighted by Gasteiger charge is -2.28. The van der Waals surface area contributed by atoms with E-state index >= 15 is 0 Å². The van der Waals surface area contributed by atoms with Crippen LogP contribution in [0.2, 0.25) is 0 Å². The molecule has 0 spiro atoms. The van der Waals surface area contributed by atoms with Crippen LogP contribution in [0, 0.1) is 13.8 Å².